The summed E-state index contributed by atoms with van der Waals surface area (Å²) < 4.78 is 11.3. The van der Waals surface area contributed by atoms with Gasteiger partial charge in [-0.25, -0.2) is 0 Å². The summed E-state index contributed by atoms with van der Waals surface area (Å²) in [5.41, 5.74) is 4.23. The van der Waals surface area contributed by atoms with Gasteiger partial charge in [0.1, 0.15) is 5.75 Å². The second-order valence-electron chi connectivity index (χ2n) is 7.44. The molecule has 0 aromatic heterocycles. The third-order valence-corrected chi connectivity index (χ3v) is 5.62. The lowest BCUT2D eigenvalue weighted by atomic mass is 9.85. The fourth-order valence-corrected chi connectivity index (χ4v) is 4.00. The highest BCUT2D eigenvalue weighted by atomic mass is 16.5. The summed E-state index contributed by atoms with van der Waals surface area (Å²) >= 11 is 0. The predicted octanol–water partition coefficient (Wildman–Crippen LogP) is 2.38. The van der Waals surface area contributed by atoms with Crippen molar-refractivity contribution in [1.29, 1.82) is 0 Å². The van der Waals surface area contributed by atoms with Crippen LogP contribution < -0.4 is 10.1 Å². The molecule has 1 aliphatic carbocycles. The minimum atomic E-state index is -0.0818. The minimum Gasteiger partial charge on any atom is -0.493 e. The van der Waals surface area contributed by atoms with Crippen LogP contribution in [0.5, 0.6) is 5.75 Å². The SMILES string of the molecule is OCC1(CNC2CCCOc3cc4c(cc32)CCCC4)COC1. The average molecular weight is 317 g/mol. The van der Waals surface area contributed by atoms with Gasteiger partial charge in [0.2, 0.25) is 0 Å². The lowest BCUT2D eigenvalue weighted by Gasteiger charge is -2.41. The molecule has 2 heterocycles. The van der Waals surface area contributed by atoms with Crippen LogP contribution in [0, 0.1) is 5.41 Å². The van der Waals surface area contributed by atoms with E-state index in [0.29, 0.717) is 19.3 Å². The van der Waals surface area contributed by atoms with E-state index >= 15 is 0 Å². The molecule has 1 atom stereocenters. The number of rotatable bonds is 4. The maximum Gasteiger partial charge on any atom is 0.124 e. The third-order valence-electron chi connectivity index (χ3n) is 5.62. The summed E-state index contributed by atoms with van der Waals surface area (Å²) in [5, 5.41) is 13.3. The van der Waals surface area contributed by atoms with Gasteiger partial charge in [-0.1, -0.05) is 6.07 Å². The molecule has 4 nitrogen and oxygen atoms in total. The fraction of sp³-hybridized carbons (Fsp3) is 0.684. The zero-order chi connectivity index (χ0) is 15.7. The lowest BCUT2D eigenvalue weighted by molar-refractivity contribution is -0.135. The highest BCUT2D eigenvalue weighted by Gasteiger charge is 2.38. The van der Waals surface area contributed by atoms with Crippen molar-refractivity contribution in [3.05, 3.63) is 28.8 Å². The quantitative estimate of drug-likeness (QED) is 0.895. The molecule has 23 heavy (non-hydrogen) atoms. The molecule has 1 aromatic rings. The van der Waals surface area contributed by atoms with E-state index in [0.717, 1.165) is 31.7 Å². The van der Waals surface area contributed by atoms with Crippen LogP contribution in [-0.4, -0.2) is 38.1 Å². The third kappa shape index (κ3) is 3.00. The Bertz CT molecular complexity index is 562. The van der Waals surface area contributed by atoms with Gasteiger partial charge >= 0.3 is 0 Å². The van der Waals surface area contributed by atoms with Gasteiger partial charge in [-0.05, 0) is 55.7 Å². The fourth-order valence-electron chi connectivity index (χ4n) is 4.00. The van der Waals surface area contributed by atoms with E-state index in [4.69, 9.17) is 9.47 Å². The summed E-state index contributed by atoms with van der Waals surface area (Å²) in [7, 11) is 0. The van der Waals surface area contributed by atoms with Crippen LogP contribution in [0.2, 0.25) is 0 Å². The number of benzene rings is 1. The second-order valence-corrected chi connectivity index (χ2v) is 7.44. The topological polar surface area (TPSA) is 50.7 Å². The highest BCUT2D eigenvalue weighted by Crippen LogP contribution is 2.37. The number of aliphatic hydroxyl groups is 1. The van der Waals surface area contributed by atoms with Gasteiger partial charge in [-0.2, -0.15) is 0 Å². The maximum absolute atomic E-state index is 9.63. The number of hydrogen-bond donors (Lipinski definition) is 2. The predicted molar refractivity (Wildman–Crippen MR) is 88.9 cm³/mol. The first-order valence-electron chi connectivity index (χ1n) is 9.00. The van der Waals surface area contributed by atoms with E-state index in [9.17, 15) is 5.11 Å². The average Bonchev–Trinajstić information content (AvgIpc) is 2.74. The molecule has 3 aliphatic rings. The van der Waals surface area contributed by atoms with Crippen LogP contribution in [-0.2, 0) is 17.6 Å². The molecule has 0 spiro atoms. The second kappa shape index (κ2) is 6.42. The van der Waals surface area contributed by atoms with Gasteiger partial charge in [0.05, 0.1) is 31.8 Å². The first-order valence-corrected chi connectivity index (χ1v) is 9.00. The monoisotopic (exact) mass is 317 g/mol. The number of aryl methyl sites for hydroxylation is 2. The van der Waals surface area contributed by atoms with Crippen molar-refractivity contribution in [2.45, 2.75) is 44.6 Å². The Labute approximate surface area is 138 Å². The van der Waals surface area contributed by atoms with Crippen LogP contribution in [0.1, 0.15) is 48.4 Å². The zero-order valence-electron chi connectivity index (χ0n) is 13.8. The van der Waals surface area contributed by atoms with Crippen molar-refractivity contribution in [3.63, 3.8) is 0 Å². The Morgan fingerprint density at radius 2 is 1.91 bits per heavy atom. The molecule has 2 aliphatic heterocycles. The summed E-state index contributed by atoms with van der Waals surface area (Å²) in [4.78, 5) is 0. The van der Waals surface area contributed by atoms with Gasteiger partial charge < -0.3 is 19.9 Å². The van der Waals surface area contributed by atoms with Crippen LogP contribution >= 0.6 is 0 Å². The van der Waals surface area contributed by atoms with E-state index in [1.54, 1.807) is 0 Å². The van der Waals surface area contributed by atoms with Gasteiger partial charge in [0.25, 0.3) is 0 Å². The van der Waals surface area contributed by atoms with Crippen molar-refractivity contribution >= 4 is 0 Å². The molecule has 2 N–H and O–H groups in total. The van der Waals surface area contributed by atoms with Gasteiger partial charge in [0.15, 0.2) is 0 Å². The Kier molecular flexibility index (Phi) is 4.31. The van der Waals surface area contributed by atoms with Crippen molar-refractivity contribution in [2.24, 2.45) is 5.41 Å². The molecule has 0 bridgehead atoms. The van der Waals surface area contributed by atoms with E-state index in [-0.39, 0.29) is 12.0 Å². The molecule has 0 amide bonds. The molecule has 4 rings (SSSR count). The van der Waals surface area contributed by atoms with Crippen molar-refractivity contribution in [2.75, 3.05) is 33.0 Å². The lowest BCUT2D eigenvalue weighted by Crippen LogP contribution is -2.52. The van der Waals surface area contributed by atoms with Gasteiger partial charge in [-0.15, -0.1) is 0 Å². The largest absolute Gasteiger partial charge is 0.493 e. The first-order chi connectivity index (χ1) is 11.3. The first kappa shape index (κ1) is 15.4. The Hall–Kier alpha value is -1.10. The van der Waals surface area contributed by atoms with Gasteiger partial charge in [0, 0.05) is 18.2 Å². The summed E-state index contributed by atoms with van der Waals surface area (Å²) in [6, 6.07) is 5.00. The molecule has 0 saturated carbocycles. The molecular formula is C19H27NO3. The van der Waals surface area contributed by atoms with E-state index in [1.807, 2.05) is 0 Å². The number of ether oxygens (including phenoxy) is 2. The molecule has 4 heteroatoms. The maximum atomic E-state index is 9.63. The number of aliphatic hydroxyl groups excluding tert-OH is 1. The Morgan fingerprint density at radius 3 is 2.61 bits per heavy atom. The summed E-state index contributed by atoms with van der Waals surface area (Å²) in [5.74, 6) is 1.07. The normalized spacial score (nSPS) is 25.5. The van der Waals surface area contributed by atoms with E-state index in [1.165, 1.54) is 42.4 Å². The number of hydrogen-bond acceptors (Lipinski definition) is 4. The molecule has 1 aromatic carbocycles. The summed E-state index contributed by atoms with van der Waals surface area (Å²) in [6.07, 6.45) is 7.15. The molecule has 1 saturated heterocycles. The van der Waals surface area contributed by atoms with E-state index < -0.39 is 0 Å². The van der Waals surface area contributed by atoms with Crippen LogP contribution in [0.3, 0.4) is 0 Å². The van der Waals surface area contributed by atoms with Crippen molar-refractivity contribution in [3.8, 4) is 5.75 Å². The molecule has 1 unspecified atom stereocenters. The van der Waals surface area contributed by atoms with Crippen LogP contribution in [0.15, 0.2) is 12.1 Å². The Balaban J connectivity index is 1.56. The number of nitrogens with one attached hydrogen (secondary N) is 1. The van der Waals surface area contributed by atoms with Crippen molar-refractivity contribution in [1.82, 2.24) is 5.32 Å². The van der Waals surface area contributed by atoms with E-state index in [2.05, 4.69) is 17.4 Å². The zero-order valence-corrected chi connectivity index (χ0v) is 13.8. The standard InChI is InChI=1S/C19H27NO3/c21-11-19(12-22-13-19)10-20-17-6-3-7-23-18-9-15-5-2-1-4-14(15)8-16(17)18/h8-9,17,20-21H,1-7,10-13H2. The molecular weight excluding hydrogens is 290 g/mol. The summed E-state index contributed by atoms with van der Waals surface area (Å²) in [6.45, 7) is 3.14. The number of fused-ring (bicyclic) bond motifs is 2. The molecule has 1 fully saturated rings. The highest BCUT2D eigenvalue weighted by molar-refractivity contribution is 5.46. The minimum absolute atomic E-state index is 0.0818. The van der Waals surface area contributed by atoms with Crippen molar-refractivity contribution < 1.29 is 14.6 Å². The molecule has 126 valence electrons. The Morgan fingerprint density at radius 1 is 1.13 bits per heavy atom. The van der Waals surface area contributed by atoms with Crippen LogP contribution in [0.25, 0.3) is 0 Å². The molecule has 0 radical (unpaired) electrons. The van der Waals surface area contributed by atoms with Crippen LogP contribution in [0.4, 0.5) is 0 Å². The smallest absolute Gasteiger partial charge is 0.124 e. The van der Waals surface area contributed by atoms with Gasteiger partial charge in [-0.3, -0.25) is 0 Å².